The first-order valence-corrected chi connectivity index (χ1v) is 6.92. The van der Waals surface area contributed by atoms with E-state index >= 15 is 0 Å². The lowest BCUT2D eigenvalue weighted by atomic mass is 9.79. The lowest BCUT2D eigenvalue weighted by Crippen LogP contribution is -2.28. The van der Waals surface area contributed by atoms with Gasteiger partial charge < -0.3 is 5.11 Å². The van der Waals surface area contributed by atoms with E-state index in [9.17, 15) is 18.7 Å². The minimum Gasteiger partial charge on any atom is -0.512 e. The van der Waals surface area contributed by atoms with Gasteiger partial charge in [0.25, 0.3) is 0 Å². The predicted octanol–water partition coefficient (Wildman–Crippen LogP) is 4.90. The van der Waals surface area contributed by atoms with Gasteiger partial charge in [0.15, 0.2) is 5.78 Å². The number of carbonyl (C=O) groups is 1. The van der Waals surface area contributed by atoms with Crippen molar-refractivity contribution in [3.05, 3.63) is 11.8 Å². The Balaban J connectivity index is 5.12. The molecule has 0 saturated heterocycles. The fraction of sp³-hybridized carbons (Fsp3) is 0.800. The van der Waals surface area contributed by atoms with Crippen LogP contribution in [0.3, 0.4) is 0 Å². The first-order chi connectivity index (χ1) is 8.59. The van der Waals surface area contributed by atoms with E-state index in [1.807, 2.05) is 13.8 Å². The van der Waals surface area contributed by atoms with Gasteiger partial charge in [-0.15, -0.1) is 0 Å². The molecule has 19 heavy (non-hydrogen) atoms. The molecule has 4 heteroatoms. The Hall–Kier alpha value is -0.930. The lowest BCUT2D eigenvalue weighted by Gasteiger charge is -2.30. The van der Waals surface area contributed by atoms with Crippen LogP contribution in [0.5, 0.6) is 0 Å². The SMILES string of the molecule is CCC(CC)C(=O)C=C(O)C(C)(CC)CC(C)(F)F. The molecule has 0 aromatic heterocycles. The molecule has 0 radical (unpaired) electrons. The molecular formula is C15H26F2O2. The summed E-state index contributed by atoms with van der Waals surface area (Å²) in [6, 6.07) is 0. The van der Waals surface area contributed by atoms with Crippen LogP contribution >= 0.6 is 0 Å². The van der Waals surface area contributed by atoms with Gasteiger partial charge in [0, 0.05) is 23.8 Å². The van der Waals surface area contributed by atoms with Crippen molar-refractivity contribution < 1.29 is 18.7 Å². The maximum atomic E-state index is 13.2. The van der Waals surface area contributed by atoms with Crippen LogP contribution in [-0.4, -0.2) is 16.8 Å². The van der Waals surface area contributed by atoms with Crippen molar-refractivity contribution in [2.24, 2.45) is 11.3 Å². The minimum absolute atomic E-state index is 0.148. The largest absolute Gasteiger partial charge is 0.512 e. The van der Waals surface area contributed by atoms with Gasteiger partial charge >= 0.3 is 0 Å². The van der Waals surface area contributed by atoms with Crippen LogP contribution in [0.25, 0.3) is 0 Å². The average Bonchev–Trinajstić information content (AvgIpc) is 2.28. The van der Waals surface area contributed by atoms with Crippen molar-refractivity contribution in [2.75, 3.05) is 0 Å². The minimum atomic E-state index is -2.87. The Kier molecular flexibility index (Phi) is 6.67. The monoisotopic (exact) mass is 276 g/mol. The summed E-state index contributed by atoms with van der Waals surface area (Å²) in [7, 11) is 0. The first-order valence-electron chi connectivity index (χ1n) is 6.92. The van der Waals surface area contributed by atoms with Gasteiger partial charge in [-0.25, -0.2) is 8.78 Å². The molecule has 0 rings (SSSR count). The number of hydrogen-bond acceptors (Lipinski definition) is 2. The van der Waals surface area contributed by atoms with E-state index in [1.54, 1.807) is 13.8 Å². The fourth-order valence-electron chi connectivity index (χ4n) is 2.20. The van der Waals surface area contributed by atoms with Gasteiger partial charge in [-0.05, 0) is 26.2 Å². The molecule has 1 atom stereocenters. The number of carbonyl (C=O) groups excluding carboxylic acids is 1. The molecule has 0 aliphatic rings. The van der Waals surface area contributed by atoms with Gasteiger partial charge in [0.1, 0.15) is 5.76 Å². The summed E-state index contributed by atoms with van der Waals surface area (Å²) in [6.07, 6.45) is 2.41. The summed E-state index contributed by atoms with van der Waals surface area (Å²) in [5.74, 6) is -3.43. The van der Waals surface area contributed by atoms with Crippen LogP contribution in [0.2, 0.25) is 0 Å². The van der Waals surface area contributed by atoms with Crippen molar-refractivity contribution >= 4 is 5.78 Å². The number of aliphatic hydroxyl groups is 1. The molecule has 112 valence electrons. The van der Waals surface area contributed by atoms with Gasteiger partial charge in [-0.3, -0.25) is 4.79 Å². The van der Waals surface area contributed by atoms with E-state index in [4.69, 9.17) is 0 Å². The third-order valence-corrected chi connectivity index (χ3v) is 3.77. The van der Waals surface area contributed by atoms with Crippen molar-refractivity contribution in [1.82, 2.24) is 0 Å². The summed E-state index contributed by atoms with van der Waals surface area (Å²) < 4.78 is 26.3. The molecule has 1 unspecified atom stereocenters. The van der Waals surface area contributed by atoms with Crippen molar-refractivity contribution in [3.63, 3.8) is 0 Å². The molecule has 0 aromatic rings. The Labute approximate surface area is 114 Å². The zero-order valence-corrected chi connectivity index (χ0v) is 12.6. The Bertz CT molecular complexity index is 328. The quantitative estimate of drug-likeness (QED) is 0.506. The second kappa shape index (κ2) is 7.01. The number of allylic oxidation sites excluding steroid dienone is 2. The van der Waals surface area contributed by atoms with E-state index < -0.39 is 17.8 Å². The summed E-state index contributed by atoms with van der Waals surface area (Å²) >= 11 is 0. The topological polar surface area (TPSA) is 37.3 Å². The molecule has 1 N–H and O–H groups in total. The Morgan fingerprint density at radius 3 is 2.00 bits per heavy atom. The summed E-state index contributed by atoms with van der Waals surface area (Å²) in [5, 5.41) is 10.0. The first kappa shape index (κ1) is 18.1. The zero-order chi connectivity index (χ0) is 15.3. The number of rotatable bonds is 8. The van der Waals surface area contributed by atoms with Gasteiger partial charge in [-0.2, -0.15) is 0 Å². The molecule has 0 heterocycles. The molecule has 0 aliphatic carbocycles. The number of ketones is 1. The summed E-state index contributed by atoms with van der Waals surface area (Å²) in [4.78, 5) is 11.9. The van der Waals surface area contributed by atoms with Crippen molar-refractivity contribution in [2.45, 2.75) is 66.2 Å². The standard InChI is InChI=1S/C15H26F2O2/c1-6-11(7-2)12(18)9-13(19)14(4,8-3)10-15(5,16)17/h9,11,19H,6-8,10H2,1-5H3. The van der Waals surface area contributed by atoms with E-state index in [-0.39, 0.29) is 17.5 Å². The van der Waals surface area contributed by atoms with Gasteiger partial charge in [0.05, 0.1) is 0 Å². The van der Waals surface area contributed by atoms with Crippen LogP contribution in [0.4, 0.5) is 8.78 Å². The number of aliphatic hydroxyl groups excluding tert-OH is 1. The molecule has 0 aromatic carbocycles. The third-order valence-electron chi connectivity index (χ3n) is 3.77. The predicted molar refractivity (Wildman–Crippen MR) is 73.4 cm³/mol. The maximum absolute atomic E-state index is 13.2. The maximum Gasteiger partial charge on any atom is 0.246 e. The lowest BCUT2D eigenvalue weighted by molar-refractivity contribution is -0.118. The van der Waals surface area contributed by atoms with Crippen LogP contribution in [0, 0.1) is 11.3 Å². The van der Waals surface area contributed by atoms with Crippen LogP contribution in [0.15, 0.2) is 11.8 Å². The molecule has 0 fully saturated rings. The average molecular weight is 276 g/mol. The van der Waals surface area contributed by atoms with Crippen LogP contribution in [0.1, 0.15) is 60.3 Å². The Morgan fingerprint density at radius 1 is 1.21 bits per heavy atom. The fourth-order valence-corrected chi connectivity index (χ4v) is 2.20. The highest BCUT2D eigenvalue weighted by Gasteiger charge is 2.37. The molecule has 0 bridgehead atoms. The molecule has 0 spiro atoms. The molecular weight excluding hydrogens is 250 g/mol. The smallest absolute Gasteiger partial charge is 0.246 e. The number of alkyl halides is 2. The van der Waals surface area contributed by atoms with E-state index in [0.29, 0.717) is 19.3 Å². The van der Waals surface area contributed by atoms with Crippen molar-refractivity contribution in [1.29, 1.82) is 0 Å². The van der Waals surface area contributed by atoms with Gasteiger partial charge in [0.2, 0.25) is 5.92 Å². The summed E-state index contributed by atoms with van der Waals surface area (Å²) in [6.45, 7) is 7.93. The third kappa shape index (κ3) is 5.70. The summed E-state index contributed by atoms with van der Waals surface area (Å²) in [5.41, 5.74) is -1.06. The molecule has 2 nitrogen and oxygen atoms in total. The van der Waals surface area contributed by atoms with E-state index in [1.165, 1.54) is 0 Å². The second-order valence-corrected chi connectivity index (χ2v) is 5.61. The highest BCUT2D eigenvalue weighted by atomic mass is 19.3. The molecule has 0 aliphatic heterocycles. The number of halogens is 2. The zero-order valence-electron chi connectivity index (χ0n) is 12.6. The van der Waals surface area contributed by atoms with E-state index in [2.05, 4.69) is 0 Å². The van der Waals surface area contributed by atoms with E-state index in [0.717, 1.165) is 13.0 Å². The number of hydrogen-bond donors (Lipinski definition) is 1. The normalized spacial score (nSPS) is 16.5. The molecule has 0 amide bonds. The highest BCUT2D eigenvalue weighted by Crippen LogP contribution is 2.39. The van der Waals surface area contributed by atoms with Gasteiger partial charge in [-0.1, -0.05) is 27.7 Å². The van der Waals surface area contributed by atoms with Crippen molar-refractivity contribution in [3.8, 4) is 0 Å². The van der Waals surface area contributed by atoms with Crippen LogP contribution in [-0.2, 0) is 4.79 Å². The molecule has 0 saturated carbocycles. The Morgan fingerprint density at radius 2 is 1.68 bits per heavy atom. The van der Waals surface area contributed by atoms with Crippen LogP contribution < -0.4 is 0 Å². The second-order valence-electron chi connectivity index (χ2n) is 5.61. The highest BCUT2D eigenvalue weighted by molar-refractivity contribution is 5.92.